The minimum absolute atomic E-state index is 0.0101. The van der Waals surface area contributed by atoms with Gasteiger partial charge in [0.15, 0.2) is 0 Å². The lowest BCUT2D eigenvalue weighted by atomic mass is 9.75. The number of nitrogens with zero attached hydrogens (tertiary/aromatic N) is 4. The Balaban J connectivity index is 1.52. The predicted molar refractivity (Wildman–Crippen MR) is 151 cm³/mol. The van der Waals surface area contributed by atoms with E-state index in [1.807, 2.05) is 78.8 Å². The predicted octanol–water partition coefficient (Wildman–Crippen LogP) is 6.15. The maximum absolute atomic E-state index is 13.7. The maximum Gasteiger partial charge on any atom is 0.457 e. The Hall–Kier alpha value is -2.75. The van der Waals surface area contributed by atoms with Gasteiger partial charge in [-0.1, -0.05) is 41.9 Å². The molecular formula is C29H43BN4O6. The van der Waals surface area contributed by atoms with Crippen LogP contribution in [0.5, 0.6) is 0 Å². The molecule has 218 valence electrons. The molecule has 2 saturated heterocycles. The van der Waals surface area contributed by atoms with Crippen LogP contribution < -0.4 is 0 Å². The lowest BCUT2D eigenvalue weighted by molar-refractivity contribution is -0.153. The van der Waals surface area contributed by atoms with Gasteiger partial charge in [-0.2, -0.15) is 0 Å². The highest BCUT2D eigenvalue weighted by Crippen LogP contribution is 2.53. The van der Waals surface area contributed by atoms with Crippen LogP contribution in [-0.4, -0.2) is 59.5 Å². The summed E-state index contributed by atoms with van der Waals surface area (Å²) in [6.45, 7) is 14.6. The third-order valence-electron chi connectivity index (χ3n) is 8.89. The molecule has 2 aliphatic heterocycles. The van der Waals surface area contributed by atoms with E-state index in [2.05, 4.69) is 10.0 Å². The molecule has 11 heteroatoms. The van der Waals surface area contributed by atoms with Gasteiger partial charge in [0, 0.05) is 18.0 Å². The highest BCUT2D eigenvalue weighted by Gasteiger charge is 2.61. The van der Waals surface area contributed by atoms with E-state index in [4.69, 9.17) is 18.8 Å². The molecule has 0 unspecified atom stereocenters. The largest absolute Gasteiger partial charge is 0.460 e. The monoisotopic (exact) mass is 554 g/mol. The average Bonchev–Trinajstić information content (AvgIpc) is 3.45. The average molecular weight is 554 g/mol. The van der Waals surface area contributed by atoms with Crippen molar-refractivity contribution < 1.29 is 28.4 Å². The van der Waals surface area contributed by atoms with E-state index in [0.717, 1.165) is 5.56 Å². The first-order valence-corrected chi connectivity index (χ1v) is 14.3. The minimum Gasteiger partial charge on any atom is -0.460 e. The summed E-state index contributed by atoms with van der Waals surface area (Å²) in [7, 11) is -0.358. The molecule has 0 spiro atoms. The second kappa shape index (κ2) is 11.3. The number of esters is 1. The number of hydrogen-bond donors (Lipinski definition) is 0. The van der Waals surface area contributed by atoms with Crippen LogP contribution in [0.4, 0.5) is 4.79 Å². The summed E-state index contributed by atoms with van der Waals surface area (Å²) in [4.78, 5) is 31.5. The molecule has 1 amide bonds. The van der Waals surface area contributed by atoms with Gasteiger partial charge < -0.3 is 23.7 Å². The standard InChI is InChI=1S/C29H43BN4O6/c1-26(2,3)38-25(36)34-17-21-16-29(32-33-31,24(35)37-19-20-12-9-8-10-13-20)23(22(21)18-34)14-11-15-30-39-27(4,5)28(6,7)40-30/h8-10,12-13,21-23H,11,14-19H2,1-7H3/t21-,22+,23-,29-/m0/s1. The fraction of sp³-hybridized carbons (Fsp3) is 0.724. The molecule has 4 atom stereocenters. The number of amides is 1. The number of carbonyl (C=O) groups excluding carboxylic acids is 2. The summed E-state index contributed by atoms with van der Waals surface area (Å²) < 4.78 is 23.8. The van der Waals surface area contributed by atoms with Crippen LogP contribution in [0.3, 0.4) is 0 Å². The van der Waals surface area contributed by atoms with Crippen molar-refractivity contribution in [2.24, 2.45) is 22.9 Å². The zero-order chi connectivity index (χ0) is 29.3. The van der Waals surface area contributed by atoms with Crippen molar-refractivity contribution in [2.45, 2.75) is 103 Å². The fourth-order valence-corrected chi connectivity index (χ4v) is 6.31. The topological polar surface area (TPSA) is 123 Å². The molecule has 1 aromatic rings. The normalized spacial score (nSPS) is 28.6. The van der Waals surface area contributed by atoms with Gasteiger partial charge >= 0.3 is 19.2 Å². The van der Waals surface area contributed by atoms with Gasteiger partial charge in [0.2, 0.25) is 0 Å². The second-order valence-corrected chi connectivity index (χ2v) is 13.4. The molecule has 40 heavy (non-hydrogen) atoms. The van der Waals surface area contributed by atoms with Crippen LogP contribution in [0.2, 0.25) is 6.32 Å². The first-order valence-electron chi connectivity index (χ1n) is 14.3. The van der Waals surface area contributed by atoms with Gasteiger partial charge in [0.1, 0.15) is 17.7 Å². The number of carbonyl (C=O) groups is 2. The highest BCUT2D eigenvalue weighted by atomic mass is 16.7. The van der Waals surface area contributed by atoms with Gasteiger partial charge in [-0.05, 0) is 96.5 Å². The zero-order valence-electron chi connectivity index (χ0n) is 24.9. The molecule has 0 N–H and O–H groups in total. The third-order valence-corrected chi connectivity index (χ3v) is 8.89. The Morgan fingerprint density at radius 1 is 1.12 bits per heavy atom. The van der Waals surface area contributed by atoms with E-state index in [1.165, 1.54) is 0 Å². The fourth-order valence-electron chi connectivity index (χ4n) is 6.31. The van der Waals surface area contributed by atoms with Crippen molar-refractivity contribution in [2.75, 3.05) is 13.1 Å². The molecule has 1 saturated carbocycles. The molecule has 2 heterocycles. The summed E-state index contributed by atoms with van der Waals surface area (Å²) >= 11 is 0. The Morgan fingerprint density at radius 2 is 1.77 bits per heavy atom. The molecular weight excluding hydrogens is 511 g/mol. The van der Waals surface area contributed by atoms with Crippen molar-refractivity contribution in [1.82, 2.24) is 4.90 Å². The summed E-state index contributed by atoms with van der Waals surface area (Å²) in [6.07, 6.45) is 1.91. The Morgan fingerprint density at radius 3 is 2.38 bits per heavy atom. The van der Waals surface area contributed by atoms with Gasteiger partial charge in [0.05, 0.1) is 11.2 Å². The van der Waals surface area contributed by atoms with Crippen LogP contribution in [0.25, 0.3) is 10.4 Å². The van der Waals surface area contributed by atoms with Gasteiger partial charge in [0.25, 0.3) is 0 Å². The van der Waals surface area contributed by atoms with E-state index in [1.54, 1.807) is 4.90 Å². The molecule has 1 aliphatic carbocycles. The number of fused-ring (bicyclic) bond motifs is 1. The Kier molecular flexibility index (Phi) is 8.51. The van der Waals surface area contributed by atoms with Gasteiger partial charge in [-0.3, -0.25) is 4.79 Å². The number of hydrogen-bond acceptors (Lipinski definition) is 7. The van der Waals surface area contributed by atoms with Crippen molar-refractivity contribution in [1.29, 1.82) is 0 Å². The van der Waals surface area contributed by atoms with Crippen LogP contribution in [0.1, 0.15) is 73.3 Å². The van der Waals surface area contributed by atoms with E-state index in [9.17, 15) is 15.1 Å². The number of ether oxygens (including phenoxy) is 2. The number of benzene rings is 1. The van der Waals surface area contributed by atoms with E-state index >= 15 is 0 Å². The molecule has 0 aromatic heterocycles. The van der Waals surface area contributed by atoms with Crippen molar-refractivity contribution in [3.63, 3.8) is 0 Å². The number of likely N-dealkylation sites (tertiary alicyclic amines) is 1. The maximum atomic E-state index is 13.7. The minimum atomic E-state index is -1.34. The molecule has 0 radical (unpaired) electrons. The number of rotatable bonds is 8. The zero-order valence-corrected chi connectivity index (χ0v) is 24.9. The molecule has 1 aromatic carbocycles. The summed E-state index contributed by atoms with van der Waals surface area (Å²) in [6, 6.07) is 9.44. The SMILES string of the molecule is CC(C)(C)OC(=O)N1C[C@@H]2C[C@@](N=[N+]=[N-])(C(=O)OCc3ccccc3)[C@@H](CCCB3OC(C)(C)C(C)(C)O3)[C@@H]2C1. The highest BCUT2D eigenvalue weighted by molar-refractivity contribution is 6.45. The molecule has 3 fully saturated rings. The van der Waals surface area contributed by atoms with E-state index in [0.29, 0.717) is 38.7 Å². The van der Waals surface area contributed by atoms with Gasteiger partial charge in [-0.25, -0.2) is 4.79 Å². The van der Waals surface area contributed by atoms with Crippen LogP contribution in [0, 0.1) is 17.8 Å². The molecule has 10 nitrogen and oxygen atoms in total. The van der Waals surface area contributed by atoms with Crippen LogP contribution in [-0.2, 0) is 30.2 Å². The molecule has 0 bridgehead atoms. The van der Waals surface area contributed by atoms with Crippen molar-refractivity contribution in [3.05, 3.63) is 46.3 Å². The van der Waals surface area contributed by atoms with Crippen molar-refractivity contribution >= 4 is 19.2 Å². The first-order chi connectivity index (χ1) is 18.7. The van der Waals surface area contributed by atoms with Gasteiger partial charge in [-0.15, -0.1) is 0 Å². The number of azide groups is 1. The van der Waals surface area contributed by atoms with Crippen LogP contribution >= 0.6 is 0 Å². The Bertz CT molecular complexity index is 1120. The van der Waals surface area contributed by atoms with Crippen molar-refractivity contribution in [3.8, 4) is 0 Å². The Labute approximate surface area is 237 Å². The second-order valence-electron chi connectivity index (χ2n) is 13.4. The van der Waals surface area contributed by atoms with E-state index in [-0.39, 0.29) is 37.6 Å². The lowest BCUT2D eigenvalue weighted by Gasteiger charge is -2.33. The summed E-state index contributed by atoms with van der Waals surface area (Å²) in [5, 5.41) is 4.17. The molecule has 4 rings (SSSR count). The summed E-state index contributed by atoms with van der Waals surface area (Å²) in [5.41, 5.74) is 7.68. The smallest absolute Gasteiger partial charge is 0.457 e. The van der Waals surface area contributed by atoms with E-state index < -0.39 is 28.3 Å². The lowest BCUT2D eigenvalue weighted by Crippen LogP contribution is -2.45. The summed E-state index contributed by atoms with van der Waals surface area (Å²) in [5.74, 6) is -0.843. The molecule has 3 aliphatic rings. The first kappa shape index (κ1) is 30.2. The quantitative estimate of drug-likeness (QED) is 0.125. The third kappa shape index (κ3) is 6.27. The van der Waals surface area contributed by atoms with Crippen LogP contribution in [0.15, 0.2) is 35.4 Å².